The SMILES string of the molecule is CCCCCCCC/C=C\CCCCCCCCC(C[N+](C)(CCO)CC(CCCCCCCC/C=C\CCCCCCCC)C(=O)O)C(=O)O.CCCCCCCC/C=C\CCCCCCCCC(C[N+](C)(CCO)CC(CCCCCCCC/C=C\CCCCCCCC)C(=O)O)C(=O)O.O=S(=O)([O-])[O-]. The number of likely N-dealkylation sites (N-methyl/N-ethyl adjacent to an activating group) is 2. The number of nitrogens with zero attached hydrogens (tertiary/aromatic N) is 2. The van der Waals surface area contributed by atoms with Crippen LogP contribution in [0.25, 0.3) is 0 Å². The van der Waals surface area contributed by atoms with Gasteiger partial charge in [0.25, 0.3) is 0 Å². The molecule has 632 valence electrons. The van der Waals surface area contributed by atoms with Crippen molar-refractivity contribution in [3.05, 3.63) is 48.6 Å². The minimum Gasteiger partial charge on any atom is -0.759 e. The van der Waals surface area contributed by atoms with Gasteiger partial charge < -0.3 is 48.7 Å². The van der Waals surface area contributed by atoms with Gasteiger partial charge in [0, 0.05) is 10.4 Å². The van der Waals surface area contributed by atoms with E-state index in [0.717, 1.165) is 103 Å². The summed E-state index contributed by atoms with van der Waals surface area (Å²) in [6, 6.07) is 0. The van der Waals surface area contributed by atoms with Gasteiger partial charge >= 0.3 is 23.9 Å². The molecule has 0 fully saturated rings. The summed E-state index contributed by atoms with van der Waals surface area (Å²) in [4.78, 5) is 48.9. The van der Waals surface area contributed by atoms with Crippen LogP contribution in [-0.4, -0.2) is 148 Å². The van der Waals surface area contributed by atoms with Crippen LogP contribution in [0.3, 0.4) is 0 Å². The number of carbonyl (C=O) groups is 4. The van der Waals surface area contributed by atoms with Crippen molar-refractivity contribution < 1.29 is 76.3 Å². The number of carboxylic acid groups (broad SMARTS) is 4. The highest BCUT2D eigenvalue weighted by Gasteiger charge is 2.36. The molecule has 0 aliphatic rings. The fraction of sp³-hybridized carbons (Fsp3) is 0.867. The Morgan fingerprint density at radius 2 is 0.402 bits per heavy atom. The Kier molecular flexibility index (Phi) is 81.1. The third kappa shape index (κ3) is 81.8. The Morgan fingerprint density at radius 3 is 0.533 bits per heavy atom. The molecule has 0 heterocycles. The number of aliphatic hydroxyl groups excluding tert-OH is 2. The molecule has 0 aliphatic heterocycles. The summed E-state index contributed by atoms with van der Waals surface area (Å²) in [5, 5.41) is 59.8. The highest BCUT2D eigenvalue weighted by molar-refractivity contribution is 7.79. The van der Waals surface area contributed by atoms with Gasteiger partial charge in [0.2, 0.25) is 0 Å². The highest BCUT2D eigenvalue weighted by atomic mass is 32.3. The molecule has 0 aromatic rings. The van der Waals surface area contributed by atoms with Gasteiger partial charge in [-0.2, -0.15) is 0 Å². The Bertz CT molecular complexity index is 1940. The molecular formula is C90H172N2O14S. The van der Waals surface area contributed by atoms with Gasteiger partial charge in [-0.15, -0.1) is 0 Å². The molecule has 16 nitrogen and oxygen atoms in total. The summed E-state index contributed by atoms with van der Waals surface area (Å²) in [6.45, 7) is 11.2. The van der Waals surface area contributed by atoms with Crippen molar-refractivity contribution in [3.63, 3.8) is 0 Å². The molecule has 0 aliphatic carbocycles. The molecule has 0 saturated carbocycles. The second-order valence-electron chi connectivity index (χ2n) is 32.3. The number of unbranched alkanes of at least 4 members (excludes halogenated alkanes) is 48. The fourth-order valence-corrected chi connectivity index (χ4v) is 14.8. The van der Waals surface area contributed by atoms with Crippen molar-refractivity contribution in [2.45, 2.75) is 413 Å². The molecule has 0 aromatic heterocycles. The Labute approximate surface area is 658 Å². The lowest BCUT2D eigenvalue weighted by Crippen LogP contribution is -2.53. The number of hydrogen-bond acceptors (Lipinski definition) is 10. The van der Waals surface area contributed by atoms with E-state index in [1.807, 2.05) is 14.1 Å². The lowest BCUT2D eigenvalue weighted by Gasteiger charge is -2.38. The molecule has 0 aromatic carbocycles. The van der Waals surface area contributed by atoms with E-state index >= 15 is 0 Å². The van der Waals surface area contributed by atoms with Crippen LogP contribution in [0.1, 0.15) is 413 Å². The normalized spacial score (nSPS) is 14.2. The van der Waals surface area contributed by atoms with Gasteiger partial charge in [0.15, 0.2) is 0 Å². The second-order valence-corrected chi connectivity index (χ2v) is 33.1. The first-order valence-electron chi connectivity index (χ1n) is 44.7. The lowest BCUT2D eigenvalue weighted by molar-refractivity contribution is -0.914. The zero-order chi connectivity index (χ0) is 79.9. The van der Waals surface area contributed by atoms with Gasteiger partial charge in [-0.25, -0.2) is 0 Å². The van der Waals surface area contributed by atoms with E-state index in [1.165, 1.54) is 257 Å². The van der Waals surface area contributed by atoms with Crippen LogP contribution in [-0.2, 0) is 29.6 Å². The number of rotatable bonds is 80. The van der Waals surface area contributed by atoms with Gasteiger partial charge in [0.1, 0.15) is 36.8 Å². The third-order valence-electron chi connectivity index (χ3n) is 21.6. The molecule has 0 bridgehead atoms. The number of hydrogen-bond donors (Lipinski definition) is 6. The molecular weight excluding hydrogens is 1370 g/mol. The molecule has 0 radical (unpaired) electrons. The molecule has 0 spiro atoms. The predicted molar refractivity (Wildman–Crippen MR) is 447 cm³/mol. The van der Waals surface area contributed by atoms with E-state index in [-0.39, 0.29) is 13.2 Å². The highest BCUT2D eigenvalue weighted by Crippen LogP contribution is 2.26. The van der Waals surface area contributed by atoms with Crippen molar-refractivity contribution in [2.75, 3.05) is 66.6 Å². The van der Waals surface area contributed by atoms with Gasteiger partial charge in [-0.1, -0.05) is 333 Å². The quantitative estimate of drug-likeness (QED) is 0.0109. The minimum atomic E-state index is -5.17. The number of carboxylic acids is 4. The number of allylic oxidation sites excluding steroid dienone is 8. The topological polar surface area (TPSA) is 270 Å². The summed E-state index contributed by atoms with van der Waals surface area (Å²) in [5.41, 5.74) is 0. The fourth-order valence-electron chi connectivity index (χ4n) is 14.8. The van der Waals surface area contributed by atoms with Crippen molar-refractivity contribution in [2.24, 2.45) is 23.7 Å². The van der Waals surface area contributed by atoms with Crippen molar-refractivity contribution >= 4 is 34.3 Å². The predicted octanol–water partition coefficient (Wildman–Crippen LogP) is 24.0. The standard InChI is InChI=1S/2C45H85NO5.H2O4S/c2*1-4-6-8-10-12-14-16-18-20-22-24-26-28-30-32-34-36-42(44(48)49)40-46(3,38-39-47)41-43(45(50)51)37-35-33-31-29-27-25-23-21-19-17-15-13-11-9-7-5-2;1-5(2,3)4/h2*18-21,42-43,47H,4-17,22-41H2,1-3H3,(H-,48,49,50,51);(H2,1,2,3,4)/b2*20-18-,21-19-;. The largest absolute Gasteiger partial charge is 0.759 e. The zero-order valence-corrected chi connectivity index (χ0v) is 71.1. The van der Waals surface area contributed by atoms with E-state index in [2.05, 4.69) is 76.3 Å². The maximum Gasteiger partial charge on any atom is 0.312 e. The molecule has 4 atom stereocenters. The van der Waals surface area contributed by atoms with Crippen LogP contribution >= 0.6 is 0 Å². The van der Waals surface area contributed by atoms with Crippen LogP contribution in [0, 0.1) is 23.7 Å². The van der Waals surface area contributed by atoms with Crippen molar-refractivity contribution in [1.82, 2.24) is 0 Å². The Morgan fingerprint density at radius 1 is 0.271 bits per heavy atom. The summed E-state index contributed by atoms with van der Waals surface area (Å²) >= 11 is 0. The Balaban J connectivity index is -0.00000190. The molecule has 0 saturated heterocycles. The van der Waals surface area contributed by atoms with E-state index in [9.17, 15) is 49.8 Å². The van der Waals surface area contributed by atoms with E-state index in [0.29, 0.717) is 73.9 Å². The van der Waals surface area contributed by atoms with Crippen LogP contribution in [0.15, 0.2) is 48.6 Å². The van der Waals surface area contributed by atoms with Crippen LogP contribution in [0.5, 0.6) is 0 Å². The average Bonchev–Trinajstić information content (AvgIpc) is 0.855. The van der Waals surface area contributed by atoms with Crippen molar-refractivity contribution in [1.29, 1.82) is 0 Å². The average molecular weight is 1540 g/mol. The van der Waals surface area contributed by atoms with Crippen molar-refractivity contribution in [3.8, 4) is 0 Å². The maximum atomic E-state index is 12.2. The summed E-state index contributed by atoms with van der Waals surface area (Å²) in [6.07, 6.45) is 89.9. The van der Waals surface area contributed by atoms with Crippen LogP contribution in [0.2, 0.25) is 0 Å². The Hall–Kier alpha value is -3.45. The first-order chi connectivity index (χ1) is 51.6. The number of aliphatic hydroxyl groups is 2. The molecule has 0 rings (SSSR count). The third-order valence-corrected chi connectivity index (χ3v) is 21.6. The summed E-state index contributed by atoms with van der Waals surface area (Å²) in [7, 11) is -1.29. The second kappa shape index (κ2) is 80.6. The zero-order valence-electron chi connectivity index (χ0n) is 70.3. The minimum absolute atomic E-state index is 0.0718. The monoisotopic (exact) mass is 1540 g/mol. The van der Waals surface area contributed by atoms with E-state index in [4.69, 9.17) is 17.5 Å². The van der Waals surface area contributed by atoms with Gasteiger partial charge in [-0.05, 0) is 128 Å². The molecule has 107 heavy (non-hydrogen) atoms. The smallest absolute Gasteiger partial charge is 0.312 e. The first kappa shape index (κ1) is 108. The summed E-state index contributed by atoms with van der Waals surface area (Å²) in [5.74, 6) is -5.27. The van der Waals surface area contributed by atoms with E-state index < -0.39 is 57.9 Å². The van der Waals surface area contributed by atoms with Crippen LogP contribution < -0.4 is 0 Å². The van der Waals surface area contributed by atoms with Crippen LogP contribution in [0.4, 0.5) is 0 Å². The number of quaternary nitrogens is 2. The molecule has 0 amide bonds. The lowest BCUT2D eigenvalue weighted by atomic mass is 9.95. The summed E-state index contributed by atoms with van der Waals surface area (Å²) < 4.78 is 34.7. The first-order valence-corrected chi connectivity index (χ1v) is 46.0. The molecule has 6 N–H and O–H groups in total. The van der Waals surface area contributed by atoms with Gasteiger partial charge in [-0.3, -0.25) is 27.6 Å². The molecule has 4 unspecified atom stereocenters. The van der Waals surface area contributed by atoms with Gasteiger partial charge in [0.05, 0.1) is 53.5 Å². The van der Waals surface area contributed by atoms with E-state index in [1.54, 1.807) is 0 Å². The maximum absolute atomic E-state index is 12.2. The number of aliphatic carboxylic acids is 4. The molecule has 17 heteroatoms.